The predicted octanol–water partition coefficient (Wildman–Crippen LogP) is -2.03. The van der Waals surface area contributed by atoms with E-state index in [1.807, 2.05) is 0 Å². The van der Waals surface area contributed by atoms with Crippen LogP contribution in [0.2, 0.25) is 0 Å². The molecule has 138 valence electrons. The van der Waals surface area contributed by atoms with Crippen molar-refractivity contribution in [3.8, 4) is 11.5 Å². The second kappa shape index (κ2) is 5.13. The molecule has 6 atom stereocenters. The third-order valence-corrected chi connectivity index (χ3v) is 5.31. The van der Waals surface area contributed by atoms with E-state index >= 15 is 0 Å². The van der Waals surface area contributed by atoms with Gasteiger partial charge in [0.15, 0.2) is 5.60 Å². The number of ether oxygens (including phenoxy) is 1. The van der Waals surface area contributed by atoms with Crippen molar-refractivity contribution < 1.29 is 45.3 Å². The molecular formula is C16H20O9. The Labute approximate surface area is 142 Å². The molecule has 0 aromatic heterocycles. The number of rotatable bonds is 1. The molecule has 0 radical (unpaired) electrons. The van der Waals surface area contributed by atoms with Crippen LogP contribution >= 0.6 is 0 Å². The van der Waals surface area contributed by atoms with E-state index in [0.29, 0.717) is 0 Å². The molecule has 0 amide bonds. The molecule has 2 aliphatic carbocycles. The first kappa shape index (κ1) is 18.1. The van der Waals surface area contributed by atoms with Crippen LogP contribution in [0, 0.1) is 0 Å². The summed E-state index contributed by atoms with van der Waals surface area (Å²) in [6, 6.07) is 2.09. The smallest absolute Gasteiger partial charge is 0.204 e. The highest BCUT2D eigenvalue weighted by molar-refractivity contribution is 6.09. The van der Waals surface area contributed by atoms with Crippen LogP contribution in [0.25, 0.3) is 0 Å². The number of hydrogen-bond donors (Lipinski definition) is 7. The van der Waals surface area contributed by atoms with E-state index < -0.39 is 47.3 Å². The summed E-state index contributed by atoms with van der Waals surface area (Å²) in [5.41, 5.74) is -8.37. The average molecular weight is 356 g/mol. The van der Waals surface area contributed by atoms with Crippen LogP contribution in [0.5, 0.6) is 11.5 Å². The highest BCUT2D eigenvalue weighted by atomic mass is 16.5. The number of phenols is 1. The Morgan fingerprint density at radius 1 is 1.12 bits per heavy atom. The zero-order valence-electron chi connectivity index (χ0n) is 13.5. The van der Waals surface area contributed by atoms with Crippen molar-refractivity contribution in [2.45, 2.75) is 48.5 Å². The van der Waals surface area contributed by atoms with Crippen molar-refractivity contribution in [2.75, 3.05) is 7.11 Å². The fourth-order valence-corrected chi connectivity index (χ4v) is 3.93. The van der Waals surface area contributed by atoms with Crippen LogP contribution in [0.3, 0.4) is 0 Å². The fraction of sp³-hybridized carbons (Fsp3) is 0.562. The molecule has 1 saturated carbocycles. The molecule has 0 bridgehead atoms. The first-order valence-electron chi connectivity index (χ1n) is 7.59. The van der Waals surface area contributed by atoms with Crippen molar-refractivity contribution in [1.82, 2.24) is 0 Å². The molecule has 0 spiro atoms. The van der Waals surface area contributed by atoms with Gasteiger partial charge in [0.25, 0.3) is 0 Å². The summed E-state index contributed by atoms with van der Waals surface area (Å²) in [6.07, 6.45) is -7.01. The Balaban J connectivity index is 2.33. The lowest BCUT2D eigenvalue weighted by Crippen LogP contribution is -2.79. The van der Waals surface area contributed by atoms with E-state index in [2.05, 4.69) is 0 Å². The number of fused-ring (bicyclic) bond motifs is 2. The Bertz CT molecular complexity index is 745. The van der Waals surface area contributed by atoms with Gasteiger partial charge in [-0.05, 0) is 13.0 Å². The van der Waals surface area contributed by atoms with Crippen LogP contribution in [0.15, 0.2) is 12.1 Å². The predicted molar refractivity (Wildman–Crippen MR) is 81.1 cm³/mol. The summed E-state index contributed by atoms with van der Waals surface area (Å²) in [7, 11) is 1.19. The van der Waals surface area contributed by atoms with Gasteiger partial charge in [0, 0.05) is 18.1 Å². The molecule has 25 heavy (non-hydrogen) atoms. The maximum absolute atomic E-state index is 12.9. The third kappa shape index (κ3) is 2.02. The first-order chi connectivity index (χ1) is 11.4. The van der Waals surface area contributed by atoms with Crippen LogP contribution in [0.1, 0.15) is 35.4 Å². The molecular weight excluding hydrogens is 336 g/mol. The Kier molecular flexibility index (Phi) is 3.71. The van der Waals surface area contributed by atoms with Crippen LogP contribution in [-0.4, -0.2) is 77.6 Å². The third-order valence-electron chi connectivity index (χ3n) is 5.31. The largest absolute Gasteiger partial charge is 0.508 e. The molecule has 1 aromatic rings. The summed E-state index contributed by atoms with van der Waals surface area (Å²) < 4.78 is 4.99. The molecule has 4 unspecified atom stereocenters. The summed E-state index contributed by atoms with van der Waals surface area (Å²) in [5, 5.41) is 72.9. The fourth-order valence-electron chi connectivity index (χ4n) is 3.93. The van der Waals surface area contributed by atoms with E-state index in [9.17, 15) is 40.5 Å². The number of carbonyl (C=O) groups is 1. The van der Waals surface area contributed by atoms with Crippen molar-refractivity contribution in [1.29, 1.82) is 0 Å². The van der Waals surface area contributed by atoms with Crippen molar-refractivity contribution in [3.05, 3.63) is 23.3 Å². The number of Topliss-reactive ketones (excluding diaryl/α,β-unsaturated/α-hetero) is 1. The van der Waals surface area contributed by atoms with Gasteiger partial charge in [0.1, 0.15) is 35.4 Å². The number of hydrogen-bond acceptors (Lipinski definition) is 9. The number of methoxy groups -OCH3 is 1. The molecule has 1 fully saturated rings. The maximum atomic E-state index is 12.9. The molecule has 2 aliphatic rings. The summed E-state index contributed by atoms with van der Waals surface area (Å²) in [4.78, 5) is 12.9. The van der Waals surface area contributed by atoms with Gasteiger partial charge in [0.05, 0.1) is 18.3 Å². The van der Waals surface area contributed by atoms with E-state index in [0.717, 1.165) is 19.1 Å². The van der Waals surface area contributed by atoms with Crippen LogP contribution in [0.4, 0.5) is 0 Å². The highest BCUT2D eigenvalue weighted by Crippen LogP contribution is 2.55. The van der Waals surface area contributed by atoms with E-state index in [-0.39, 0.29) is 22.6 Å². The minimum absolute atomic E-state index is 0.187. The van der Waals surface area contributed by atoms with E-state index in [1.165, 1.54) is 7.11 Å². The summed E-state index contributed by atoms with van der Waals surface area (Å²) in [6.45, 7) is 1.09. The molecule has 9 heteroatoms. The van der Waals surface area contributed by atoms with E-state index in [1.54, 1.807) is 0 Å². The Morgan fingerprint density at radius 3 is 2.28 bits per heavy atom. The van der Waals surface area contributed by atoms with Gasteiger partial charge >= 0.3 is 0 Å². The topological polar surface area (TPSA) is 168 Å². The van der Waals surface area contributed by atoms with Crippen molar-refractivity contribution >= 4 is 5.78 Å². The SMILES string of the molecule is COc1cc(O)cc2c1C(=O)C1(O)[C@@H](O)C(O)[C@](C)(O)CC1(O)C2O. The van der Waals surface area contributed by atoms with Crippen LogP contribution in [-0.2, 0) is 0 Å². The summed E-state index contributed by atoms with van der Waals surface area (Å²) >= 11 is 0. The maximum Gasteiger partial charge on any atom is 0.204 e. The molecule has 0 heterocycles. The van der Waals surface area contributed by atoms with Gasteiger partial charge in [-0.25, -0.2) is 0 Å². The van der Waals surface area contributed by atoms with Crippen LogP contribution < -0.4 is 4.74 Å². The van der Waals surface area contributed by atoms with Gasteiger partial charge in [0.2, 0.25) is 5.78 Å². The van der Waals surface area contributed by atoms with Gasteiger partial charge in [-0.2, -0.15) is 0 Å². The van der Waals surface area contributed by atoms with Crippen molar-refractivity contribution in [3.63, 3.8) is 0 Å². The lowest BCUT2D eigenvalue weighted by Gasteiger charge is -2.58. The number of carbonyl (C=O) groups excluding carboxylic acids is 1. The minimum atomic E-state index is -2.99. The first-order valence-corrected chi connectivity index (χ1v) is 7.59. The molecule has 1 aromatic carbocycles. The number of phenolic OH excluding ortho intramolecular Hbond substituents is 1. The van der Waals surface area contributed by atoms with Gasteiger partial charge < -0.3 is 40.5 Å². The monoisotopic (exact) mass is 356 g/mol. The molecule has 3 rings (SSSR count). The standard InChI is InChI=1S/C16H20O9/c1-14(22)5-15(23)10(18)7-3-6(17)4-8(25-2)9(7)11(19)16(15,24)13(21)12(14)20/h3-4,10,12-13,17-18,20-24H,5H2,1-2H3/t10?,12?,13-,14+,15?,16?/m0/s1. The number of aliphatic hydroxyl groups excluding tert-OH is 3. The van der Waals surface area contributed by atoms with Gasteiger partial charge in [-0.15, -0.1) is 0 Å². The number of ketones is 1. The second-order valence-corrected chi connectivity index (χ2v) is 6.96. The second-order valence-electron chi connectivity index (χ2n) is 6.96. The van der Waals surface area contributed by atoms with Gasteiger partial charge in [-0.3, -0.25) is 4.79 Å². The quantitative estimate of drug-likeness (QED) is 0.300. The lowest BCUT2D eigenvalue weighted by molar-refractivity contribution is -0.301. The molecule has 7 N–H and O–H groups in total. The number of aromatic hydroxyl groups is 1. The summed E-state index contributed by atoms with van der Waals surface area (Å²) in [5.74, 6) is -1.75. The zero-order chi connectivity index (χ0) is 18.9. The lowest BCUT2D eigenvalue weighted by atomic mass is 9.55. The number of aliphatic hydroxyl groups is 6. The Hall–Kier alpha value is -1.75. The van der Waals surface area contributed by atoms with Gasteiger partial charge in [-0.1, -0.05) is 0 Å². The zero-order valence-corrected chi connectivity index (χ0v) is 13.5. The molecule has 0 saturated heterocycles. The Morgan fingerprint density at radius 2 is 1.72 bits per heavy atom. The van der Waals surface area contributed by atoms with E-state index in [4.69, 9.17) is 4.74 Å². The highest BCUT2D eigenvalue weighted by Gasteiger charge is 2.73. The average Bonchev–Trinajstić information content (AvgIpc) is 2.54. The normalized spacial score (nSPS) is 43.4. The molecule has 9 nitrogen and oxygen atoms in total. The van der Waals surface area contributed by atoms with Crippen molar-refractivity contribution in [2.24, 2.45) is 0 Å². The molecule has 0 aliphatic heterocycles. The number of benzene rings is 1. The minimum Gasteiger partial charge on any atom is -0.508 e.